The van der Waals surface area contributed by atoms with Gasteiger partial charge in [-0.3, -0.25) is 4.79 Å². The number of aryl methyl sites for hydroxylation is 2. The molecule has 116 valence electrons. The van der Waals surface area contributed by atoms with Gasteiger partial charge in [-0.05, 0) is 55.0 Å². The second-order valence-electron chi connectivity index (χ2n) is 6.16. The van der Waals surface area contributed by atoms with Gasteiger partial charge in [0.2, 0.25) is 5.91 Å². The number of hydrogen-bond donors (Lipinski definition) is 2. The Bertz CT molecular complexity index is 659. The fourth-order valence-electron chi connectivity index (χ4n) is 2.93. The molecule has 0 saturated heterocycles. The Kier molecular flexibility index (Phi) is 4.03. The summed E-state index contributed by atoms with van der Waals surface area (Å²) in [6.07, 6.45) is 5.31. The van der Waals surface area contributed by atoms with E-state index in [0.29, 0.717) is 12.2 Å². The maximum Gasteiger partial charge on any atom is 0.224 e. The largest absolute Gasteiger partial charge is 0.466 e. The smallest absolute Gasteiger partial charge is 0.224 e. The quantitative estimate of drug-likeness (QED) is 0.890. The maximum absolute atomic E-state index is 12.1. The molecule has 1 aromatic heterocycles. The summed E-state index contributed by atoms with van der Waals surface area (Å²) in [5.41, 5.74) is 2.60. The van der Waals surface area contributed by atoms with Gasteiger partial charge in [-0.25, -0.2) is 0 Å². The van der Waals surface area contributed by atoms with Crippen LogP contribution in [-0.2, 0) is 29.7 Å². The van der Waals surface area contributed by atoms with Gasteiger partial charge in [0.15, 0.2) is 0 Å². The number of benzene rings is 1. The summed E-state index contributed by atoms with van der Waals surface area (Å²) in [7, 11) is 0. The van der Waals surface area contributed by atoms with Crippen molar-refractivity contribution in [2.45, 2.75) is 38.2 Å². The van der Waals surface area contributed by atoms with E-state index in [1.54, 1.807) is 19.1 Å². The molecule has 2 N–H and O–H groups in total. The summed E-state index contributed by atoms with van der Waals surface area (Å²) in [6.45, 7) is 1.76. The SMILES string of the molecule is C[C@@](O)(CNC(=O)Cc1ccc2c(c1)CCC2)c1ccco1. The molecular weight excluding hydrogens is 278 g/mol. The van der Waals surface area contributed by atoms with E-state index < -0.39 is 5.60 Å². The molecule has 3 rings (SSSR count). The van der Waals surface area contributed by atoms with Crippen LogP contribution in [0.2, 0.25) is 0 Å². The average Bonchev–Trinajstić information content (AvgIpc) is 3.16. The average molecular weight is 299 g/mol. The van der Waals surface area contributed by atoms with Crippen molar-refractivity contribution in [1.29, 1.82) is 0 Å². The highest BCUT2D eigenvalue weighted by molar-refractivity contribution is 5.78. The second-order valence-corrected chi connectivity index (χ2v) is 6.16. The van der Waals surface area contributed by atoms with Crippen LogP contribution in [0.15, 0.2) is 41.0 Å². The van der Waals surface area contributed by atoms with Crippen molar-refractivity contribution < 1.29 is 14.3 Å². The number of amides is 1. The predicted octanol–water partition coefficient (Wildman–Crippen LogP) is 2.33. The fourth-order valence-corrected chi connectivity index (χ4v) is 2.93. The first-order chi connectivity index (χ1) is 10.5. The Morgan fingerprint density at radius 2 is 2.14 bits per heavy atom. The van der Waals surface area contributed by atoms with Crippen molar-refractivity contribution in [3.05, 3.63) is 59.0 Å². The molecule has 1 aliphatic carbocycles. The lowest BCUT2D eigenvalue weighted by Crippen LogP contribution is -2.39. The summed E-state index contributed by atoms with van der Waals surface area (Å²) in [6, 6.07) is 9.70. The van der Waals surface area contributed by atoms with E-state index in [1.165, 1.54) is 23.8 Å². The lowest BCUT2D eigenvalue weighted by molar-refractivity contribution is -0.121. The molecule has 2 aromatic rings. The van der Waals surface area contributed by atoms with Gasteiger partial charge in [0, 0.05) is 0 Å². The molecule has 22 heavy (non-hydrogen) atoms. The van der Waals surface area contributed by atoms with E-state index >= 15 is 0 Å². The van der Waals surface area contributed by atoms with Gasteiger partial charge >= 0.3 is 0 Å². The Hall–Kier alpha value is -2.07. The molecule has 0 saturated carbocycles. The lowest BCUT2D eigenvalue weighted by atomic mass is 10.0. The first-order valence-electron chi connectivity index (χ1n) is 7.68. The third-order valence-corrected chi connectivity index (χ3v) is 4.21. The maximum atomic E-state index is 12.1. The molecular formula is C18H21NO3. The van der Waals surface area contributed by atoms with E-state index in [9.17, 15) is 9.90 Å². The fraction of sp³-hybridized carbons (Fsp3) is 0.389. The highest BCUT2D eigenvalue weighted by atomic mass is 16.4. The molecule has 4 heteroatoms. The number of aliphatic hydroxyl groups is 1. The van der Waals surface area contributed by atoms with Gasteiger partial charge in [0.05, 0.1) is 19.2 Å². The van der Waals surface area contributed by atoms with Gasteiger partial charge < -0.3 is 14.8 Å². The Balaban J connectivity index is 1.57. The molecule has 0 unspecified atom stereocenters. The number of hydrogen-bond acceptors (Lipinski definition) is 3. The topological polar surface area (TPSA) is 62.5 Å². The highest BCUT2D eigenvalue weighted by Crippen LogP contribution is 2.23. The molecule has 1 heterocycles. The van der Waals surface area contributed by atoms with Crippen molar-refractivity contribution >= 4 is 5.91 Å². The summed E-state index contributed by atoms with van der Waals surface area (Å²) in [5, 5.41) is 13.1. The monoisotopic (exact) mass is 299 g/mol. The Labute approximate surface area is 130 Å². The molecule has 0 aliphatic heterocycles. The summed E-state index contributed by atoms with van der Waals surface area (Å²) >= 11 is 0. The molecule has 0 fully saturated rings. The molecule has 1 aliphatic rings. The van der Waals surface area contributed by atoms with Crippen molar-refractivity contribution in [3.8, 4) is 0 Å². The first kappa shape index (κ1) is 14.9. The zero-order valence-electron chi connectivity index (χ0n) is 12.8. The van der Waals surface area contributed by atoms with Crippen molar-refractivity contribution in [2.24, 2.45) is 0 Å². The molecule has 0 radical (unpaired) electrons. The zero-order chi connectivity index (χ0) is 15.6. The number of carbonyl (C=O) groups excluding carboxylic acids is 1. The predicted molar refractivity (Wildman–Crippen MR) is 83.5 cm³/mol. The first-order valence-corrected chi connectivity index (χ1v) is 7.68. The lowest BCUT2D eigenvalue weighted by Gasteiger charge is -2.21. The van der Waals surface area contributed by atoms with E-state index in [0.717, 1.165) is 18.4 Å². The molecule has 0 bridgehead atoms. The minimum atomic E-state index is -1.20. The number of fused-ring (bicyclic) bond motifs is 1. The van der Waals surface area contributed by atoms with Crippen LogP contribution in [-0.4, -0.2) is 17.6 Å². The minimum absolute atomic E-state index is 0.0928. The van der Waals surface area contributed by atoms with Crippen LogP contribution in [0.3, 0.4) is 0 Å². The molecule has 1 amide bonds. The molecule has 1 atom stereocenters. The van der Waals surface area contributed by atoms with Crippen LogP contribution in [0.25, 0.3) is 0 Å². The van der Waals surface area contributed by atoms with Crippen LogP contribution in [0.4, 0.5) is 0 Å². The number of nitrogens with one attached hydrogen (secondary N) is 1. The Morgan fingerprint density at radius 3 is 2.91 bits per heavy atom. The van der Waals surface area contributed by atoms with Crippen LogP contribution < -0.4 is 5.32 Å². The Morgan fingerprint density at radius 1 is 1.32 bits per heavy atom. The molecule has 4 nitrogen and oxygen atoms in total. The standard InChI is InChI=1S/C18H21NO3/c1-18(21,16-6-3-9-22-16)12-19-17(20)11-13-7-8-14-4-2-5-15(14)10-13/h3,6-10,21H,2,4-5,11-12H2,1H3,(H,19,20)/t18-/m1/s1. The van der Waals surface area contributed by atoms with Crippen LogP contribution in [0.5, 0.6) is 0 Å². The van der Waals surface area contributed by atoms with Crippen molar-refractivity contribution in [1.82, 2.24) is 5.32 Å². The molecule has 0 spiro atoms. The normalized spacial score (nSPS) is 16.1. The summed E-state index contributed by atoms with van der Waals surface area (Å²) in [5.74, 6) is 0.357. The van der Waals surface area contributed by atoms with Crippen LogP contribution in [0.1, 0.15) is 35.8 Å². The van der Waals surface area contributed by atoms with Gasteiger partial charge in [-0.2, -0.15) is 0 Å². The van der Waals surface area contributed by atoms with Gasteiger partial charge in [0.1, 0.15) is 11.4 Å². The summed E-state index contributed by atoms with van der Waals surface area (Å²) < 4.78 is 5.20. The number of carbonyl (C=O) groups is 1. The third kappa shape index (κ3) is 3.22. The van der Waals surface area contributed by atoms with Crippen LogP contribution in [0, 0.1) is 0 Å². The number of furan rings is 1. The molecule has 1 aromatic carbocycles. The van der Waals surface area contributed by atoms with E-state index in [1.807, 2.05) is 6.07 Å². The van der Waals surface area contributed by atoms with Gasteiger partial charge in [0.25, 0.3) is 0 Å². The minimum Gasteiger partial charge on any atom is -0.466 e. The van der Waals surface area contributed by atoms with Gasteiger partial charge in [-0.1, -0.05) is 18.2 Å². The van der Waals surface area contributed by atoms with E-state index in [2.05, 4.69) is 17.4 Å². The van der Waals surface area contributed by atoms with Crippen molar-refractivity contribution in [2.75, 3.05) is 6.54 Å². The van der Waals surface area contributed by atoms with Crippen LogP contribution >= 0.6 is 0 Å². The van der Waals surface area contributed by atoms with E-state index in [-0.39, 0.29) is 12.5 Å². The second kappa shape index (κ2) is 5.97. The van der Waals surface area contributed by atoms with Gasteiger partial charge in [-0.15, -0.1) is 0 Å². The van der Waals surface area contributed by atoms with E-state index in [4.69, 9.17) is 4.42 Å². The summed E-state index contributed by atoms with van der Waals surface area (Å²) in [4.78, 5) is 12.1. The zero-order valence-corrected chi connectivity index (χ0v) is 12.8. The van der Waals surface area contributed by atoms with Crippen molar-refractivity contribution in [3.63, 3.8) is 0 Å². The number of rotatable bonds is 5. The highest BCUT2D eigenvalue weighted by Gasteiger charge is 2.26. The third-order valence-electron chi connectivity index (χ3n) is 4.21.